The lowest BCUT2D eigenvalue weighted by atomic mass is 10.0. The number of nitrogens with one attached hydrogen (secondary N) is 1. The van der Waals surface area contributed by atoms with Crippen molar-refractivity contribution < 1.29 is 17.6 Å². The van der Waals surface area contributed by atoms with Crippen molar-refractivity contribution in [3.63, 3.8) is 0 Å². The van der Waals surface area contributed by atoms with Gasteiger partial charge in [-0.2, -0.15) is 0 Å². The van der Waals surface area contributed by atoms with Crippen LogP contribution in [0.2, 0.25) is 0 Å². The highest BCUT2D eigenvalue weighted by Gasteiger charge is 2.29. The second kappa shape index (κ2) is 9.49. The fraction of sp³-hybridized carbons (Fsp3) is 0.350. The van der Waals surface area contributed by atoms with Gasteiger partial charge in [-0.05, 0) is 36.8 Å². The first-order chi connectivity index (χ1) is 12.9. The summed E-state index contributed by atoms with van der Waals surface area (Å²) in [6.45, 7) is 3.49. The third kappa shape index (κ3) is 5.31. The summed E-state index contributed by atoms with van der Waals surface area (Å²) in [6, 6.07) is 12.5. The molecule has 2 aromatic rings. The molecule has 1 N–H and O–H groups in total. The first kappa shape index (κ1) is 22.3. The number of halogens is 2. The second-order valence-corrected chi connectivity index (χ2v) is 8.85. The van der Waals surface area contributed by atoms with Gasteiger partial charge in [0.25, 0.3) is 0 Å². The van der Waals surface area contributed by atoms with Crippen LogP contribution in [0.15, 0.2) is 53.4 Å². The van der Waals surface area contributed by atoms with Crippen LogP contribution in [0.4, 0.5) is 4.39 Å². The normalized spacial score (nSPS) is 17.1. The van der Waals surface area contributed by atoms with Crippen LogP contribution >= 0.6 is 12.4 Å². The highest BCUT2D eigenvalue weighted by atomic mass is 35.5. The summed E-state index contributed by atoms with van der Waals surface area (Å²) < 4.78 is 38.6. The van der Waals surface area contributed by atoms with Gasteiger partial charge in [0.15, 0.2) is 9.84 Å². The molecular weight excluding hydrogens is 403 g/mol. The van der Waals surface area contributed by atoms with Gasteiger partial charge in [-0.15, -0.1) is 12.4 Å². The van der Waals surface area contributed by atoms with E-state index in [2.05, 4.69) is 5.32 Å². The number of sulfone groups is 1. The smallest absolute Gasteiger partial charge is 0.224 e. The Morgan fingerprint density at radius 2 is 1.93 bits per heavy atom. The van der Waals surface area contributed by atoms with E-state index in [0.29, 0.717) is 25.2 Å². The van der Waals surface area contributed by atoms with Crippen molar-refractivity contribution >= 4 is 28.2 Å². The third-order valence-electron chi connectivity index (χ3n) is 4.76. The zero-order chi connectivity index (χ0) is 19.4. The largest absolute Gasteiger partial charge is 0.333 e. The summed E-state index contributed by atoms with van der Waals surface area (Å²) in [4.78, 5) is 14.6. The molecule has 28 heavy (non-hydrogen) atoms. The monoisotopic (exact) mass is 426 g/mol. The Morgan fingerprint density at radius 3 is 2.61 bits per heavy atom. The standard InChI is InChI=1S/C20H23FN2O3S.ClH/c1-15-5-7-18(8-6-15)27(25,26)12-9-20(24)23-11-10-22-14-19(23)16-3-2-4-17(21)13-16;/h2-8,13,19,22H,9-12,14H2,1H3;1H. The van der Waals surface area contributed by atoms with E-state index in [1.807, 2.05) is 6.92 Å². The molecule has 1 heterocycles. The van der Waals surface area contributed by atoms with Crippen LogP contribution in [0, 0.1) is 12.7 Å². The summed E-state index contributed by atoms with van der Waals surface area (Å²) in [5, 5.41) is 3.21. The maximum absolute atomic E-state index is 13.6. The molecule has 8 heteroatoms. The summed E-state index contributed by atoms with van der Waals surface area (Å²) in [5.74, 6) is -0.830. The van der Waals surface area contributed by atoms with Gasteiger partial charge in [-0.25, -0.2) is 12.8 Å². The summed E-state index contributed by atoms with van der Waals surface area (Å²) in [6.07, 6.45) is -0.0952. The van der Waals surface area contributed by atoms with Crippen molar-refractivity contribution in [2.24, 2.45) is 0 Å². The van der Waals surface area contributed by atoms with Crippen molar-refractivity contribution in [3.05, 3.63) is 65.5 Å². The lowest BCUT2D eigenvalue weighted by Gasteiger charge is -2.36. The predicted molar refractivity (Wildman–Crippen MR) is 109 cm³/mol. The molecule has 2 aromatic carbocycles. The van der Waals surface area contributed by atoms with E-state index in [4.69, 9.17) is 0 Å². The minimum atomic E-state index is -3.52. The van der Waals surface area contributed by atoms with Crippen LogP contribution < -0.4 is 5.32 Å². The number of hydrogen-bond donors (Lipinski definition) is 1. The van der Waals surface area contributed by atoms with Gasteiger partial charge >= 0.3 is 0 Å². The topological polar surface area (TPSA) is 66.5 Å². The van der Waals surface area contributed by atoms with Crippen molar-refractivity contribution in [1.29, 1.82) is 0 Å². The summed E-state index contributed by atoms with van der Waals surface area (Å²) in [5.41, 5.74) is 1.68. The molecule has 3 rings (SSSR count). The molecule has 152 valence electrons. The SMILES string of the molecule is Cc1ccc(S(=O)(=O)CCC(=O)N2CCNCC2c2cccc(F)c2)cc1.Cl. The lowest BCUT2D eigenvalue weighted by molar-refractivity contribution is -0.134. The number of aryl methyl sites for hydroxylation is 1. The highest BCUT2D eigenvalue weighted by molar-refractivity contribution is 7.91. The summed E-state index contributed by atoms with van der Waals surface area (Å²) >= 11 is 0. The number of rotatable bonds is 5. The average Bonchev–Trinajstić information content (AvgIpc) is 2.66. The van der Waals surface area contributed by atoms with Gasteiger partial charge in [0, 0.05) is 26.1 Å². The van der Waals surface area contributed by atoms with Gasteiger partial charge in [0.1, 0.15) is 5.82 Å². The Labute approximate surface area is 171 Å². The molecule has 0 aliphatic carbocycles. The number of hydrogen-bond acceptors (Lipinski definition) is 4. The molecule has 1 atom stereocenters. The van der Waals surface area contributed by atoms with Crippen molar-refractivity contribution in [3.8, 4) is 0 Å². The van der Waals surface area contributed by atoms with E-state index < -0.39 is 9.84 Å². The molecule has 0 radical (unpaired) electrons. The minimum Gasteiger partial charge on any atom is -0.333 e. The van der Waals surface area contributed by atoms with Crippen molar-refractivity contribution in [1.82, 2.24) is 10.2 Å². The summed E-state index contributed by atoms with van der Waals surface area (Å²) in [7, 11) is -3.52. The zero-order valence-corrected chi connectivity index (χ0v) is 17.2. The van der Waals surface area contributed by atoms with E-state index in [9.17, 15) is 17.6 Å². The number of piperazine rings is 1. The van der Waals surface area contributed by atoms with Crippen molar-refractivity contribution in [2.45, 2.75) is 24.3 Å². The molecule has 1 fully saturated rings. The number of carbonyl (C=O) groups is 1. The van der Waals surface area contributed by atoms with Gasteiger partial charge in [-0.1, -0.05) is 29.8 Å². The van der Waals surface area contributed by atoms with Gasteiger partial charge in [-0.3, -0.25) is 4.79 Å². The molecule has 5 nitrogen and oxygen atoms in total. The maximum atomic E-state index is 13.6. The molecule has 0 spiro atoms. The number of benzene rings is 2. The first-order valence-corrected chi connectivity index (χ1v) is 10.6. The van der Waals surface area contributed by atoms with E-state index in [1.54, 1.807) is 41.3 Å². The highest BCUT2D eigenvalue weighted by Crippen LogP contribution is 2.24. The first-order valence-electron chi connectivity index (χ1n) is 8.92. The van der Waals surface area contributed by atoms with E-state index >= 15 is 0 Å². The Kier molecular flexibility index (Phi) is 7.57. The van der Waals surface area contributed by atoms with E-state index in [-0.39, 0.29) is 47.2 Å². The molecule has 1 saturated heterocycles. The molecule has 1 aliphatic heterocycles. The van der Waals surface area contributed by atoms with E-state index in [1.165, 1.54) is 12.1 Å². The Balaban J connectivity index is 0.00000280. The third-order valence-corrected chi connectivity index (χ3v) is 6.49. The predicted octanol–water partition coefficient (Wildman–Crippen LogP) is 2.89. The van der Waals surface area contributed by atoms with Crippen LogP contribution in [0.1, 0.15) is 23.6 Å². The van der Waals surface area contributed by atoms with Crippen LogP contribution in [-0.4, -0.2) is 44.6 Å². The van der Waals surface area contributed by atoms with Crippen LogP contribution in [-0.2, 0) is 14.6 Å². The molecule has 0 aromatic heterocycles. The molecule has 1 amide bonds. The molecule has 0 saturated carbocycles. The number of amides is 1. The van der Waals surface area contributed by atoms with Crippen LogP contribution in [0.3, 0.4) is 0 Å². The van der Waals surface area contributed by atoms with Gasteiger partial charge in [0.05, 0.1) is 16.7 Å². The van der Waals surface area contributed by atoms with E-state index in [0.717, 1.165) is 5.56 Å². The Bertz CT molecular complexity index is 919. The van der Waals surface area contributed by atoms with Crippen molar-refractivity contribution in [2.75, 3.05) is 25.4 Å². The average molecular weight is 427 g/mol. The molecule has 1 aliphatic rings. The van der Waals surface area contributed by atoms with Crippen LogP contribution in [0.5, 0.6) is 0 Å². The van der Waals surface area contributed by atoms with Gasteiger partial charge < -0.3 is 10.2 Å². The zero-order valence-electron chi connectivity index (χ0n) is 15.6. The molecule has 0 bridgehead atoms. The van der Waals surface area contributed by atoms with Gasteiger partial charge in [0.2, 0.25) is 5.91 Å². The quantitative estimate of drug-likeness (QED) is 0.798. The fourth-order valence-corrected chi connectivity index (χ4v) is 4.47. The number of carbonyl (C=O) groups excluding carboxylic acids is 1. The fourth-order valence-electron chi connectivity index (χ4n) is 3.24. The van der Waals surface area contributed by atoms with Crippen LogP contribution in [0.25, 0.3) is 0 Å². The lowest BCUT2D eigenvalue weighted by Crippen LogP contribution is -2.49. The molecule has 1 unspecified atom stereocenters. The molecular formula is C20H24ClFN2O3S. The Hall–Kier alpha value is -1.96. The maximum Gasteiger partial charge on any atom is 0.224 e. The minimum absolute atomic E-state index is 0. The number of nitrogens with zero attached hydrogens (tertiary/aromatic N) is 1. The Morgan fingerprint density at radius 1 is 1.21 bits per heavy atom. The second-order valence-electron chi connectivity index (χ2n) is 6.74.